The van der Waals surface area contributed by atoms with Gasteiger partial charge in [0.2, 0.25) is 11.5 Å². The molecule has 1 aliphatic heterocycles. The van der Waals surface area contributed by atoms with Gasteiger partial charge < -0.3 is 14.6 Å². The lowest BCUT2D eigenvalue weighted by Crippen LogP contribution is -2.27. The minimum Gasteiger partial charge on any atom is -0.371 e. The van der Waals surface area contributed by atoms with Crippen molar-refractivity contribution >= 4 is 11.6 Å². The quantitative estimate of drug-likeness (QED) is 0.923. The average molecular weight is 316 g/mol. The first-order chi connectivity index (χ1) is 11.1. The summed E-state index contributed by atoms with van der Waals surface area (Å²) in [5.74, 6) is -0.371. The van der Waals surface area contributed by atoms with Crippen LogP contribution in [-0.4, -0.2) is 26.9 Å². The predicted molar refractivity (Wildman–Crippen MR) is 85.0 cm³/mol. The van der Waals surface area contributed by atoms with Gasteiger partial charge in [0.05, 0.1) is 17.3 Å². The molecule has 1 saturated heterocycles. The van der Waals surface area contributed by atoms with Gasteiger partial charge in [-0.1, -0.05) is 0 Å². The highest BCUT2D eigenvalue weighted by atomic mass is 16.5. The van der Waals surface area contributed by atoms with Crippen LogP contribution in [0.4, 0.5) is 5.69 Å². The molecule has 0 spiro atoms. The van der Waals surface area contributed by atoms with E-state index in [1.165, 1.54) is 10.6 Å². The summed E-state index contributed by atoms with van der Waals surface area (Å²) in [7, 11) is 1.65. The largest absolute Gasteiger partial charge is 0.371 e. The Morgan fingerprint density at radius 2 is 2.26 bits per heavy atom. The first-order valence-corrected chi connectivity index (χ1v) is 7.71. The van der Waals surface area contributed by atoms with E-state index in [1.807, 2.05) is 17.7 Å². The summed E-state index contributed by atoms with van der Waals surface area (Å²) in [6.45, 7) is 3.28. The number of hydrogen-bond acceptors (Lipinski definition) is 4. The zero-order chi connectivity index (χ0) is 16.4. The molecule has 1 aliphatic rings. The third kappa shape index (κ3) is 3.05. The van der Waals surface area contributed by atoms with Crippen LogP contribution in [0.15, 0.2) is 35.4 Å². The summed E-state index contributed by atoms with van der Waals surface area (Å²) in [5.41, 5.74) is 1.41. The standard InChI is InChI=1S/C16H20N4O3/c1-3-20-13(6-8-17-20)15-12(7-9-23-15)16(22)18-11-4-5-14(21)19(2)10-11/h4-6,8,10,12,15H,3,7,9H2,1-2H3,(H,18,22)/t12-,15-/m1/s1. The number of carbonyl (C=O) groups excluding carboxylic acids is 1. The number of nitrogens with one attached hydrogen (secondary N) is 1. The summed E-state index contributed by atoms with van der Waals surface area (Å²) in [6, 6.07) is 4.94. The van der Waals surface area contributed by atoms with Crippen LogP contribution in [0.5, 0.6) is 0 Å². The molecule has 0 aliphatic carbocycles. The molecule has 0 radical (unpaired) electrons. The summed E-state index contributed by atoms with van der Waals surface area (Å²) in [6.07, 6.45) is 3.71. The lowest BCUT2D eigenvalue weighted by molar-refractivity contribution is -0.121. The Morgan fingerprint density at radius 3 is 3.00 bits per heavy atom. The molecule has 23 heavy (non-hydrogen) atoms. The molecule has 3 heterocycles. The summed E-state index contributed by atoms with van der Waals surface area (Å²) < 4.78 is 9.06. The Morgan fingerprint density at radius 1 is 1.43 bits per heavy atom. The zero-order valence-corrected chi connectivity index (χ0v) is 13.2. The van der Waals surface area contributed by atoms with Crippen LogP contribution in [-0.2, 0) is 23.1 Å². The molecule has 0 saturated carbocycles. The fraction of sp³-hybridized carbons (Fsp3) is 0.438. The van der Waals surface area contributed by atoms with E-state index in [1.54, 1.807) is 25.5 Å². The molecule has 1 N–H and O–H groups in total. The van der Waals surface area contributed by atoms with Gasteiger partial charge in [-0.15, -0.1) is 0 Å². The number of nitrogens with zero attached hydrogens (tertiary/aromatic N) is 3. The molecule has 2 aromatic heterocycles. The fourth-order valence-electron chi connectivity index (χ4n) is 2.90. The van der Waals surface area contributed by atoms with Crippen LogP contribution < -0.4 is 10.9 Å². The normalized spacial score (nSPS) is 20.6. The van der Waals surface area contributed by atoms with E-state index in [0.717, 1.165) is 12.2 Å². The molecule has 7 nitrogen and oxygen atoms in total. The zero-order valence-electron chi connectivity index (χ0n) is 13.2. The van der Waals surface area contributed by atoms with Gasteiger partial charge in [0.1, 0.15) is 6.10 Å². The first-order valence-electron chi connectivity index (χ1n) is 7.71. The van der Waals surface area contributed by atoms with E-state index in [4.69, 9.17) is 4.74 Å². The average Bonchev–Trinajstić information content (AvgIpc) is 3.18. The molecule has 7 heteroatoms. The summed E-state index contributed by atoms with van der Waals surface area (Å²) in [4.78, 5) is 24.0. The number of carbonyl (C=O) groups is 1. The highest BCUT2D eigenvalue weighted by Gasteiger charge is 2.37. The molecule has 122 valence electrons. The minimum atomic E-state index is -0.287. The van der Waals surface area contributed by atoms with E-state index in [-0.39, 0.29) is 23.5 Å². The SMILES string of the molecule is CCn1nccc1[C@@H]1OCC[C@H]1C(=O)Nc1ccc(=O)n(C)c1. The number of aromatic nitrogens is 3. The van der Waals surface area contributed by atoms with Gasteiger partial charge in [0.15, 0.2) is 0 Å². The molecule has 0 aromatic carbocycles. The molecule has 2 atom stereocenters. The Labute approximate surface area is 133 Å². The highest BCUT2D eigenvalue weighted by Crippen LogP contribution is 2.35. The molecule has 3 rings (SSSR count). The molecular formula is C16H20N4O3. The molecular weight excluding hydrogens is 296 g/mol. The van der Waals surface area contributed by atoms with E-state index in [9.17, 15) is 9.59 Å². The third-order valence-corrected chi connectivity index (χ3v) is 4.12. The number of anilines is 1. The Kier molecular flexibility index (Phi) is 4.29. The second-order valence-corrected chi connectivity index (χ2v) is 5.61. The topological polar surface area (TPSA) is 78.2 Å². The van der Waals surface area contributed by atoms with Crippen LogP contribution in [0.3, 0.4) is 0 Å². The molecule has 0 unspecified atom stereocenters. The van der Waals surface area contributed by atoms with Gasteiger partial charge in [0, 0.05) is 38.7 Å². The Bertz CT molecular complexity index is 765. The van der Waals surface area contributed by atoms with Crippen LogP contribution in [0.2, 0.25) is 0 Å². The number of rotatable bonds is 4. The van der Waals surface area contributed by atoms with Gasteiger partial charge in [-0.05, 0) is 25.5 Å². The van der Waals surface area contributed by atoms with E-state index >= 15 is 0 Å². The van der Waals surface area contributed by atoms with Crippen molar-refractivity contribution in [3.05, 3.63) is 46.6 Å². The van der Waals surface area contributed by atoms with Crippen LogP contribution >= 0.6 is 0 Å². The van der Waals surface area contributed by atoms with Crippen LogP contribution in [0.25, 0.3) is 0 Å². The van der Waals surface area contributed by atoms with Crippen molar-refractivity contribution in [1.29, 1.82) is 0 Å². The molecule has 0 bridgehead atoms. The van der Waals surface area contributed by atoms with Crippen molar-refractivity contribution in [2.45, 2.75) is 26.0 Å². The number of amides is 1. The van der Waals surface area contributed by atoms with Crippen molar-refractivity contribution in [3.8, 4) is 0 Å². The molecule has 1 amide bonds. The number of aryl methyl sites for hydroxylation is 2. The van der Waals surface area contributed by atoms with Crippen molar-refractivity contribution in [2.75, 3.05) is 11.9 Å². The number of ether oxygens (including phenoxy) is 1. The van der Waals surface area contributed by atoms with Crippen molar-refractivity contribution in [3.63, 3.8) is 0 Å². The maximum absolute atomic E-state index is 12.6. The Balaban J connectivity index is 1.78. The maximum Gasteiger partial charge on any atom is 0.250 e. The van der Waals surface area contributed by atoms with Gasteiger partial charge >= 0.3 is 0 Å². The van der Waals surface area contributed by atoms with Crippen molar-refractivity contribution in [1.82, 2.24) is 14.3 Å². The predicted octanol–water partition coefficient (Wildman–Crippen LogP) is 1.32. The van der Waals surface area contributed by atoms with Crippen molar-refractivity contribution < 1.29 is 9.53 Å². The van der Waals surface area contributed by atoms with Crippen molar-refractivity contribution in [2.24, 2.45) is 13.0 Å². The van der Waals surface area contributed by atoms with Gasteiger partial charge in [-0.25, -0.2) is 0 Å². The van der Waals surface area contributed by atoms with Crippen LogP contribution in [0.1, 0.15) is 25.1 Å². The van der Waals surface area contributed by atoms with Gasteiger partial charge in [0.25, 0.3) is 0 Å². The van der Waals surface area contributed by atoms with Gasteiger partial charge in [-0.3, -0.25) is 14.3 Å². The lowest BCUT2D eigenvalue weighted by atomic mass is 9.98. The molecule has 2 aromatic rings. The third-order valence-electron chi connectivity index (χ3n) is 4.12. The minimum absolute atomic E-state index is 0.102. The maximum atomic E-state index is 12.6. The van der Waals surface area contributed by atoms with Gasteiger partial charge in [-0.2, -0.15) is 5.10 Å². The second kappa shape index (κ2) is 6.37. The fourth-order valence-corrected chi connectivity index (χ4v) is 2.90. The van der Waals surface area contributed by atoms with E-state index < -0.39 is 0 Å². The highest BCUT2D eigenvalue weighted by molar-refractivity contribution is 5.93. The smallest absolute Gasteiger partial charge is 0.250 e. The van der Waals surface area contributed by atoms with E-state index in [2.05, 4.69) is 10.4 Å². The molecule has 1 fully saturated rings. The monoisotopic (exact) mass is 316 g/mol. The number of pyridine rings is 1. The first kappa shape index (κ1) is 15.5. The second-order valence-electron chi connectivity index (χ2n) is 5.61. The van der Waals surface area contributed by atoms with Crippen LogP contribution in [0, 0.1) is 5.92 Å². The van der Waals surface area contributed by atoms with E-state index in [0.29, 0.717) is 18.7 Å². The Hall–Kier alpha value is -2.41. The lowest BCUT2D eigenvalue weighted by Gasteiger charge is -2.19. The number of hydrogen-bond donors (Lipinski definition) is 1. The summed E-state index contributed by atoms with van der Waals surface area (Å²) >= 11 is 0. The summed E-state index contributed by atoms with van der Waals surface area (Å²) in [5, 5.41) is 7.12.